The summed E-state index contributed by atoms with van der Waals surface area (Å²) in [7, 11) is 0. The molecule has 0 aliphatic rings. The summed E-state index contributed by atoms with van der Waals surface area (Å²) < 4.78 is 8.96. The Morgan fingerprint density at radius 3 is 2.58 bits per heavy atom. The SMILES string of the molecule is CCOCn1c(C)nc(Br)c1Br. The van der Waals surface area contributed by atoms with Crippen LogP contribution in [-0.4, -0.2) is 16.2 Å². The van der Waals surface area contributed by atoms with Crippen molar-refractivity contribution in [1.82, 2.24) is 9.55 Å². The van der Waals surface area contributed by atoms with Crippen molar-refractivity contribution in [1.29, 1.82) is 0 Å². The van der Waals surface area contributed by atoms with Crippen LogP contribution in [0, 0.1) is 6.92 Å². The Bertz CT molecular complexity index is 273. The Hall–Kier alpha value is 0.130. The lowest BCUT2D eigenvalue weighted by Gasteiger charge is -2.05. The van der Waals surface area contributed by atoms with Crippen molar-refractivity contribution in [3.8, 4) is 0 Å². The van der Waals surface area contributed by atoms with Gasteiger partial charge in [-0.1, -0.05) is 0 Å². The molecule has 68 valence electrons. The molecule has 0 aromatic carbocycles. The molecule has 0 atom stereocenters. The lowest BCUT2D eigenvalue weighted by atomic mass is 10.7. The van der Waals surface area contributed by atoms with Crippen molar-refractivity contribution in [2.45, 2.75) is 20.6 Å². The lowest BCUT2D eigenvalue weighted by molar-refractivity contribution is 0.0849. The Morgan fingerprint density at radius 1 is 1.50 bits per heavy atom. The van der Waals surface area contributed by atoms with Gasteiger partial charge < -0.3 is 4.74 Å². The minimum absolute atomic E-state index is 0.543. The fourth-order valence-corrected chi connectivity index (χ4v) is 1.75. The molecule has 3 nitrogen and oxygen atoms in total. The Labute approximate surface area is 88.4 Å². The van der Waals surface area contributed by atoms with E-state index < -0.39 is 0 Å². The maximum atomic E-state index is 5.27. The van der Waals surface area contributed by atoms with Crippen molar-refractivity contribution in [2.75, 3.05) is 6.61 Å². The first-order valence-corrected chi connectivity index (χ1v) is 5.21. The van der Waals surface area contributed by atoms with E-state index in [4.69, 9.17) is 4.74 Å². The highest BCUT2D eigenvalue weighted by molar-refractivity contribution is 9.13. The van der Waals surface area contributed by atoms with Crippen LogP contribution in [0.1, 0.15) is 12.7 Å². The zero-order valence-electron chi connectivity index (χ0n) is 6.97. The normalized spacial score (nSPS) is 10.7. The summed E-state index contributed by atoms with van der Waals surface area (Å²) in [5, 5.41) is 0. The van der Waals surface area contributed by atoms with E-state index in [2.05, 4.69) is 36.8 Å². The number of hydrogen-bond donors (Lipinski definition) is 0. The lowest BCUT2D eigenvalue weighted by Crippen LogP contribution is -2.04. The van der Waals surface area contributed by atoms with E-state index in [9.17, 15) is 0 Å². The van der Waals surface area contributed by atoms with Gasteiger partial charge >= 0.3 is 0 Å². The highest BCUT2D eigenvalue weighted by Crippen LogP contribution is 2.23. The van der Waals surface area contributed by atoms with E-state index in [1.54, 1.807) is 0 Å². The first-order valence-electron chi connectivity index (χ1n) is 3.62. The van der Waals surface area contributed by atoms with Gasteiger partial charge in [-0.05, 0) is 45.7 Å². The number of imidazole rings is 1. The van der Waals surface area contributed by atoms with E-state index in [1.807, 2.05) is 18.4 Å². The summed E-state index contributed by atoms with van der Waals surface area (Å²) in [6, 6.07) is 0. The highest BCUT2D eigenvalue weighted by atomic mass is 79.9. The van der Waals surface area contributed by atoms with E-state index in [0.717, 1.165) is 15.0 Å². The zero-order valence-corrected chi connectivity index (χ0v) is 10.1. The molecule has 0 N–H and O–H groups in total. The average Bonchev–Trinajstić information content (AvgIpc) is 2.25. The number of aromatic nitrogens is 2. The molecule has 0 spiro atoms. The Balaban J connectivity index is 2.82. The maximum absolute atomic E-state index is 5.27. The second-order valence-corrected chi connectivity index (χ2v) is 3.79. The van der Waals surface area contributed by atoms with Crippen molar-refractivity contribution in [3.05, 3.63) is 15.0 Å². The molecule has 0 amide bonds. The van der Waals surface area contributed by atoms with Crippen LogP contribution in [0.4, 0.5) is 0 Å². The number of nitrogens with zero attached hydrogens (tertiary/aromatic N) is 2. The molecule has 1 rings (SSSR count). The van der Waals surface area contributed by atoms with Gasteiger partial charge in [0.05, 0.1) is 0 Å². The molecule has 1 aromatic rings. The first kappa shape index (κ1) is 10.2. The predicted octanol–water partition coefficient (Wildman–Crippen LogP) is 2.71. The quantitative estimate of drug-likeness (QED) is 0.858. The van der Waals surface area contributed by atoms with Crippen LogP contribution in [-0.2, 0) is 11.5 Å². The molecule has 0 unspecified atom stereocenters. The van der Waals surface area contributed by atoms with Crippen LogP contribution in [0.2, 0.25) is 0 Å². The molecule has 12 heavy (non-hydrogen) atoms. The standard InChI is InChI=1S/C7H10Br2N2O/c1-3-12-4-11-5(2)10-6(8)7(11)9/h3-4H2,1-2H3. The predicted molar refractivity (Wildman–Crippen MR) is 54.0 cm³/mol. The Kier molecular flexibility index (Phi) is 3.74. The number of aryl methyl sites for hydroxylation is 1. The van der Waals surface area contributed by atoms with Crippen molar-refractivity contribution < 1.29 is 4.74 Å². The van der Waals surface area contributed by atoms with Gasteiger partial charge in [0, 0.05) is 6.61 Å². The van der Waals surface area contributed by atoms with Gasteiger partial charge in [0.1, 0.15) is 21.8 Å². The maximum Gasteiger partial charge on any atom is 0.139 e. The second kappa shape index (κ2) is 4.39. The third-order valence-electron chi connectivity index (χ3n) is 1.48. The van der Waals surface area contributed by atoms with E-state index >= 15 is 0 Å². The minimum atomic E-state index is 0.543. The fraction of sp³-hybridized carbons (Fsp3) is 0.571. The van der Waals surface area contributed by atoms with Crippen LogP contribution >= 0.6 is 31.9 Å². The van der Waals surface area contributed by atoms with Gasteiger partial charge in [-0.2, -0.15) is 0 Å². The van der Waals surface area contributed by atoms with Gasteiger partial charge in [0.15, 0.2) is 0 Å². The smallest absolute Gasteiger partial charge is 0.139 e. The summed E-state index contributed by atoms with van der Waals surface area (Å²) in [4.78, 5) is 4.22. The molecule has 0 saturated carbocycles. The minimum Gasteiger partial charge on any atom is -0.361 e. The first-order chi connectivity index (χ1) is 5.66. The van der Waals surface area contributed by atoms with Gasteiger partial charge in [0.25, 0.3) is 0 Å². The van der Waals surface area contributed by atoms with E-state index in [-0.39, 0.29) is 0 Å². The molecule has 0 bridgehead atoms. The topological polar surface area (TPSA) is 27.1 Å². The Morgan fingerprint density at radius 2 is 2.17 bits per heavy atom. The summed E-state index contributed by atoms with van der Waals surface area (Å²) in [6.07, 6.45) is 0. The fourth-order valence-electron chi connectivity index (χ4n) is 0.835. The second-order valence-electron chi connectivity index (χ2n) is 2.29. The summed E-state index contributed by atoms with van der Waals surface area (Å²) in [5.74, 6) is 0.933. The van der Waals surface area contributed by atoms with Crippen LogP contribution < -0.4 is 0 Å². The van der Waals surface area contributed by atoms with Gasteiger partial charge in [-0.25, -0.2) is 4.98 Å². The monoisotopic (exact) mass is 296 g/mol. The number of ether oxygens (including phenoxy) is 1. The zero-order chi connectivity index (χ0) is 9.14. The van der Waals surface area contributed by atoms with Crippen molar-refractivity contribution in [2.24, 2.45) is 0 Å². The summed E-state index contributed by atoms with van der Waals surface area (Å²) in [5.41, 5.74) is 0. The van der Waals surface area contributed by atoms with Crippen LogP contribution in [0.25, 0.3) is 0 Å². The van der Waals surface area contributed by atoms with Gasteiger partial charge in [-0.3, -0.25) is 4.57 Å². The molecule has 0 fully saturated rings. The third kappa shape index (κ3) is 2.08. The third-order valence-corrected chi connectivity index (χ3v) is 3.37. The van der Waals surface area contributed by atoms with E-state index in [0.29, 0.717) is 13.3 Å². The van der Waals surface area contributed by atoms with Crippen LogP contribution in [0.5, 0.6) is 0 Å². The van der Waals surface area contributed by atoms with E-state index in [1.165, 1.54) is 0 Å². The van der Waals surface area contributed by atoms with Crippen LogP contribution in [0.15, 0.2) is 9.21 Å². The largest absolute Gasteiger partial charge is 0.361 e. The number of halogens is 2. The number of hydrogen-bond acceptors (Lipinski definition) is 2. The summed E-state index contributed by atoms with van der Waals surface area (Å²) >= 11 is 6.73. The molecule has 0 radical (unpaired) electrons. The molecule has 0 aliphatic heterocycles. The summed E-state index contributed by atoms with van der Waals surface area (Å²) in [6.45, 7) is 5.16. The van der Waals surface area contributed by atoms with Crippen molar-refractivity contribution >= 4 is 31.9 Å². The number of rotatable bonds is 3. The van der Waals surface area contributed by atoms with Gasteiger partial charge in [0.2, 0.25) is 0 Å². The molecule has 0 saturated heterocycles. The molecule has 0 aliphatic carbocycles. The molecular formula is C7H10Br2N2O. The molecule has 1 heterocycles. The van der Waals surface area contributed by atoms with Crippen LogP contribution in [0.3, 0.4) is 0 Å². The van der Waals surface area contributed by atoms with Crippen molar-refractivity contribution in [3.63, 3.8) is 0 Å². The highest BCUT2D eigenvalue weighted by Gasteiger charge is 2.08. The average molecular weight is 298 g/mol. The molecular weight excluding hydrogens is 288 g/mol. The van der Waals surface area contributed by atoms with Gasteiger partial charge in [-0.15, -0.1) is 0 Å². The molecule has 1 aromatic heterocycles. The molecule has 5 heteroatoms.